The second kappa shape index (κ2) is 7.89. The van der Waals surface area contributed by atoms with Crippen molar-refractivity contribution in [2.45, 2.75) is 19.3 Å². The summed E-state index contributed by atoms with van der Waals surface area (Å²) in [4.78, 5) is 28.0. The molecule has 4 rings (SSSR count). The zero-order chi connectivity index (χ0) is 20.4. The lowest BCUT2D eigenvalue weighted by molar-refractivity contribution is 0.0767. The van der Waals surface area contributed by atoms with Gasteiger partial charge in [-0.1, -0.05) is 0 Å². The van der Waals surface area contributed by atoms with Crippen LogP contribution in [0.3, 0.4) is 0 Å². The Bertz CT molecular complexity index is 870. The number of anilines is 2. The van der Waals surface area contributed by atoms with E-state index in [2.05, 4.69) is 14.9 Å². The molecule has 2 fully saturated rings. The molecular formula is C22H29N5O2. The minimum atomic E-state index is 0.132. The van der Waals surface area contributed by atoms with Gasteiger partial charge in [-0.15, -0.1) is 0 Å². The van der Waals surface area contributed by atoms with Crippen LogP contribution in [0.4, 0.5) is 11.5 Å². The lowest BCUT2D eigenvalue weighted by atomic mass is 9.79. The Morgan fingerprint density at radius 1 is 1.10 bits per heavy atom. The number of hydrogen-bond donors (Lipinski definition) is 0. The number of benzene rings is 1. The number of nitrogens with zero attached hydrogens (tertiary/aromatic N) is 5. The number of hydrogen-bond acceptors (Lipinski definition) is 6. The molecule has 1 aromatic heterocycles. The van der Waals surface area contributed by atoms with Crippen LogP contribution in [0.5, 0.6) is 5.88 Å². The summed E-state index contributed by atoms with van der Waals surface area (Å²) >= 11 is 0. The number of amides is 1. The number of aromatic nitrogens is 2. The highest BCUT2D eigenvalue weighted by Crippen LogP contribution is 2.40. The van der Waals surface area contributed by atoms with Crippen LogP contribution in [-0.2, 0) is 0 Å². The number of rotatable bonds is 4. The molecule has 7 nitrogen and oxygen atoms in total. The molecule has 1 amide bonds. The molecule has 1 atom stereocenters. The standard InChI is InChI=1S/C22H29N5O2/c1-25(2)18-7-5-17(6-8-18)21(28)27-12-10-22(15-27)9-4-11-26(14-22)19-13-20(29-3)24-16-23-19/h5-8,13,16H,4,9-12,14-15H2,1-3H3/t22-/m1/s1. The number of likely N-dealkylation sites (tertiary alicyclic amines) is 1. The first-order valence-corrected chi connectivity index (χ1v) is 10.2. The summed E-state index contributed by atoms with van der Waals surface area (Å²) in [7, 11) is 5.63. The fourth-order valence-corrected chi connectivity index (χ4v) is 4.54. The van der Waals surface area contributed by atoms with Gasteiger partial charge in [0.2, 0.25) is 5.88 Å². The van der Waals surface area contributed by atoms with E-state index < -0.39 is 0 Å². The summed E-state index contributed by atoms with van der Waals surface area (Å²) in [5, 5.41) is 0. The van der Waals surface area contributed by atoms with Crippen LogP contribution in [0.1, 0.15) is 29.6 Å². The van der Waals surface area contributed by atoms with Crippen molar-refractivity contribution < 1.29 is 9.53 Å². The first kappa shape index (κ1) is 19.5. The fraction of sp³-hybridized carbons (Fsp3) is 0.500. The number of methoxy groups -OCH3 is 1. The average molecular weight is 396 g/mol. The second-order valence-electron chi connectivity index (χ2n) is 8.36. The number of carbonyl (C=O) groups excluding carboxylic acids is 1. The quantitative estimate of drug-likeness (QED) is 0.793. The van der Waals surface area contributed by atoms with Gasteiger partial charge in [0.05, 0.1) is 7.11 Å². The zero-order valence-corrected chi connectivity index (χ0v) is 17.5. The molecule has 2 saturated heterocycles. The Balaban J connectivity index is 1.45. The minimum Gasteiger partial charge on any atom is -0.481 e. The largest absolute Gasteiger partial charge is 0.481 e. The van der Waals surface area contributed by atoms with Crippen molar-refractivity contribution in [3.05, 3.63) is 42.2 Å². The molecule has 2 aliphatic rings. The van der Waals surface area contributed by atoms with Gasteiger partial charge >= 0.3 is 0 Å². The maximum absolute atomic E-state index is 13.1. The molecule has 154 valence electrons. The highest BCUT2D eigenvalue weighted by molar-refractivity contribution is 5.94. The average Bonchev–Trinajstić information content (AvgIpc) is 3.16. The third kappa shape index (κ3) is 3.99. The van der Waals surface area contributed by atoms with Crippen molar-refractivity contribution in [2.75, 3.05) is 57.2 Å². The van der Waals surface area contributed by atoms with Gasteiger partial charge in [0.1, 0.15) is 12.1 Å². The Morgan fingerprint density at radius 3 is 2.62 bits per heavy atom. The van der Waals surface area contributed by atoms with Gasteiger partial charge in [0.25, 0.3) is 5.91 Å². The summed E-state index contributed by atoms with van der Waals surface area (Å²) in [6, 6.07) is 9.77. The van der Waals surface area contributed by atoms with Gasteiger partial charge in [-0.25, -0.2) is 9.97 Å². The van der Waals surface area contributed by atoms with E-state index in [0.717, 1.165) is 62.5 Å². The molecule has 1 spiro atoms. The van der Waals surface area contributed by atoms with E-state index >= 15 is 0 Å². The van der Waals surface area contributed by atoms with Crippen molar-refractivity contribution in [3.63, 3.8) is 0 Å². The maximum atomic E-state index is 13.1. The summed E-state index contributed by atoms with van der Waals surface area (Å²) in [6.45, 7) is 3.51. The first-order chi connectivity index (χ1) is 14.0. The van der Waals surface area contributed by atoms with Gasteiger partial charge in [0.15, 0.2) is 0 Å². The molecule has 2 aromatic rings. The van der Waals surface area contributed by atoms with Crippen LogP contribution >= 0.6 is 0 Å². The highest BCUT2D eigenvalue weighted by atomic mass is 16.5. The molecule has 1 aromatic carbocycles. The molecule has 0 radical (unpaired) electrons. The Morgan fingerprint density at radius 2 is 1.90 bits per heavy atom. The molecule has 0 saturated carbocycles. The Hall–Kier alpha value is -2.83. The molecule has 7 heteroatoms. The van der Waals surface area contributed by atoms with Gasteiger partial charge < -0.3 is 19.4 Å². The molecule has 3 heterocycles. The summed E-state index contributed by atoms with van der Waals surface area (Å²) in [5.74, 6) is 1.62. The van der Waals surface area contributed by atoms with Gasteiger partial charge in [-0.05, 0) is 43.5 Å². The van der Waals surface area contributed by atoms with Crippen molar-refractivity contribution in [3.8, 4) is 5.88 Å². The van der Waals surface area contributed by atoms with Crippen LogP contribution in [0, 0.1) is 5.41 Å². The molecule has 0 bridgehead atoms. The summed E-state index contributed by atoms with van der Waals surface area (Å²) in [5.41, 5.74) is 2.00. The summed E-state index contributed by atoms with van der Waals surface area (Å²) < 4.78 is 5.25. The fourth-order valence-electron chi connectivity index (χ4n) is 4.54. The van der Waals surface area contributed by atoms with Gasteiger partial charge in [0, 0.05) is 63.0 Å². The maximum Gasteiger partial charge on any atom is 0.253 e. The molecule has 0 aliphatic carbocycles. The van der Waals surface area contributed by atoms with Crippen molar-refractivity contribution >= 4 is 17.4 Å². The predicted molar refractivity (Wildman–Crippen MR) is 114 cm³/mol. The topological polar surface area (TPSA) is 61.8 Å². The highest BCUT2D eigenvalue weighted by Gasteiger charge is 2.43. The molecule has 29 heavy (non-hydrogen) atoms. The van der Waals surface area contributed by atoms with Crippen molar-refractivity contribution in [1.82, 2.24) is 14.9 Å². The van der Waals surface area contributed by atoms with Gasteiger partial charge in [-0.2, -0.15) is 0 Å². The van der Waals surface area contributed by atoms with E-state index in [1.807, 2.05) is 54.2 Å². The molecular weight excluding hydrogens is 366 g/mol. The van der Waals surface area contributed by atoms with Crippen LogP contribution in [-0.4, -0.2) is 68.2 Å². The first-order valence-electron chi connectivity index (χ1n) is 10.2. The van der Waals surface area contributed by atoms with Crippen LogP contribution < -0.4 is 14.5 Å². The van der Waals surface area contributed by atoms with Gasteiger partial charge in [-0.3, -0.25) is 4.79 Å². The Kier molecular flexibility index (Phi) is 5.30. The Labute approximate surface area is 172 Å². The number of piperidine rings is 1. The predicted octanol–water partition coefficient (Wildman–Crippen LogP) is 2.68. The third-order valence-electron chi connectivity index (χ3n) is 6.18. The number of ether oxygens (including phenoxy) is 1. The second-order valence-corrected chi connectivity index (χ2v) is 8.36. The molecule has 0 unspecified atom stereocenters. The lowest BCUT2D eigenvalue weighted by Gasteiger charge is -2.41. The molecule has 2 aliphatic heterocycles. The molecule has 0 N–H and O–H groups in total. The minimum absolute atomic E-state index is 0.132. The zero-order valence-electron chi connectivity index (χ0n) is 17.5. The normalized spacial score (nSPS) is 21.5. The van der Waals surface area contributed by atoms with E-state index in [1.165, 1.54) is 0 Å². The van der Waals surface area contributed by atoms with E-state index in [1.54, 1.807) is 13.4 Å². The third-order valence-corrected chi connectivity index (χ3v) is 6.18. The van der Waals surface area contributed by atoms with E-state index in [4.69, 9.17) is 4.74 Å². The van der Waals surface area contributed by atoms with Crippen LogP contribution in [0.25, 0.3) is 0 Å². The number of carbonyl (C=O) groups is 1. The van der Waals surface area contributed by atoms with Crippen LogP contribution in [0.15, 0.2) is 36.7 Å². The van der Waals surface area contributed by atoms with Crippen molar-refractivity contribution in [2.24, 2.45) is 5.41 Å². The van der Waals surface area contributed by atoms with Crippen LogP contribution in [0.2, 0.25) is 0 Å². The lowest BCUT2D eigenvalue weighted by Crippen LogP contribution is -2.45. The monoisotopic (exact) mass is 395 g/mol. The van der Waals surface area contributed by atoms with E-state index in [9.17, 15) is 4.79 Å². The SMILES string of the molecule is COc1cc(N2CCC[C@@]3(CCN(C(=O)c4ccc(N(C)C)cc4)C3)C2)ncn1. The smallest absolute Gasteiger partial charge is 0.253 e. The van der Waals surface area contributed by atoms with E-state index in [-0.39, 0.29) is 11.3 Å². The summed E-state index contributed by atoms with van der Waals surface area (Å²) in [6.07, 6.45) is 4.84. The van der Waals surface area contributed by atoms with E-state index in [0.29, 0.717) is 5.88 Å². The van der Waals surface area contributed by atoms with Crippen molar-refractivity contribution in [1.29, 1.82) is 0 Å².